The first-order chi connectivity index (χ1) is 18.8. The number of aromatic nitrogens is 4. The summed E-state index contributed by atoms with van der Waals surface area (Å²) in [5, 5.41) is 13.6. The molecular formula is C28H31N7O4. The number of amides is 2. The summed E-state index contributed by atoms with van der Waals surface area (Å²) in [7, 11) is 0. The number of carbonyl (C=O) groups is 1. The van der Waals surface area contributed by atoms with Crippen molar-refractivity contribution in [3.05, 3.63) is 65.7 Å². The molecule has 0 bridgehead atoms. The lowest BCUT2D eigenvalue weighted by Crippen LogP contribution is -2.38. The minimum atomic E-state index is -0.485. The number of nitrogens with zero attached hydrogens (tertiary/aromatic N) is 5. The summed E-state index contributed by atoms with van der Waals surface area (Å²) >= 11 is 0. The zero-order valence-corrected chi connectivity index (χ0v) is 22.2. The average Bonchev–Trinajstić information content (AvgIpc) is 3.55. The number of fused-ring (bicyclic) bond motifs is 1. The molecule has 5 rings (SSSR count). The smallest absolute Gasteiger partial charge is 0.326 e. The van der Waals surface area contributed by atoms with Crippen molar-refractivity contribution in [1.82, 2.24) is 24.7 Å². The van der Waals surface area contributed by atoms with Crippen molar-refractivity contribution in [2.24, 2.45) is 0 Å². The second kappa shape index (κ2) is 11.6. The third kappa shape index (κ3) is 7.13. The Hall–Kier alpha value is -4.40. The van der Waals surface area contributed by atoms with E-state index in [4.69, 9.17) is 14.0 Å². The van der Waals surface area contributed by atoms with Gasteiger partial charge in [-0.05, 0) is 24.3 Å². The van der Waals surface area contributed by atoms with Crippen LogP contribution in [0.2, 0.25) is 0 Å². The molecule has 11 nitrogen and oxygen atoms in total. The highest BCUT2D eigenvalue weighted by molar-refractivity contribution is 5.98. The van der Waals surface area contributed by atoms with Crippen LogP contribution in [0.5, 0.6) is 5.75 Å². The maximum absolute atomic E-state index is 12.4. The fourth-order valence-electron chi connectivity index (χ4n) is 3.85. The van der Waals surface area contributed by atoms with Crippen LogP contribution in [0, 0.1) is 11.8 Å². The summed E-state index contributed by atoms with van der Waals surface area (Å²) in [6, 6.07) is 10.6. The molecule has 1 fully saturated rings. The Balaban J connectivity index is 1.15. The van der Waals surface area contributed by atoms with Gasteiger partial charge in [0.2, 0.25) is 0 Å². The maximum atomic E-state index is 12.4. The Kier molecular flexibility index (Phi) is 7.76. The van der Waals surface area contributed by atoms with Gasteiger partial charge in [0.1, 0.15) is 18.1 Å². The Labute approximate surface area is 226 Å². The number of hydrogen-bond donors (Lipinski definition) is 2. The molecule has 2 amide bonds. The summed E-state index contributed by atoms with van der Waals surface area (Å²) in [6.45, 7) is 11.0. The number of rotatable bonds is 6. The van der Waals surface area contributed by atoms with Crippen molar-refractivity contribution in [2.75, 3.05) is 50.1 Å². The largest absolute Gasteiger partial charge is 0.492 e. The lowest BCUT2D eigenvalue weighted by Gasteiger charge is -2.26. The minimum Gasteiger partial charge on any atom is -0.492 e. The first-order valence-electron chi connectivity index (χ1n) is 12.8. The SMILES string of the molecule is CC(C)(C)c1cc(NC(=O)Nc2cc3ncc(C#Cc4ccc(OCCN5CCOCC5)cc4)cn3n2)no1. The summed E-state index contributed by atoms with van der Waals surface area (Å²) in [4.78, 5) is 19.1. The minimum absolute atomic E-state index is 0.210. The Morgan fingerprint density at radius 3 is 2.54 bits per heavy atom. The molecule has 0 atom stereocenters. The number of carbonyl (C=O) groups excluding carboxylic acids is 1. The van der Waals surface area contributed by atoms with E-state index in [0.29, 0.717) is 35.2 Å². The molecule has 1 aromatic carbocycles. The van der Waals surface area contributed by atoms with Gasteiger partial charge in [-0.25, -0.2) is 14.3 Å². The molecule has 1 aliphatic heterocycles. The molecule has 0 spiro atoms. The van der Waals surface area contributed by atoms with Crippen LogP contribution in [-0.2, 0) is 10.2 Å². The van der Waals surface area contributed by atoms with Crippen LogP contribution in [0.3, 0.4) is 0 Å². The van der Waals surface area contributed by atoms with E-state index in [1.807, 2.05) is 45.0 Å². The highest BCUT2D eigenvalue weighted by Gasteiger charge is 2.20. The average molecular weight is 530 g/mol. The van der Waals surface area contributed by atoms with Crippen LogP contribution in [-0.4, -0.2) is 70.1 Å². The van der Waals surface area contributed by atoms with Crippen LogP contribution in [0.4, 0.5) is 16.4 Å². The first kappa shape index (κ1) is 26.2. The molecule has 4 heterocycles. The van der Waals surface area contributed by atoms with Gasteiger partial charge in [0.15, 0.2) is 17.3 Å². The Morgan fingerprint density at radius 1 is 1.05 bits per heavy atom. The molecule has 1 aliphatic rings. The van der Waals surface area contributed by atoms with Gasteiger partial charge in [-0.15, -0.1) is 5.10 Å². The zero-order chi connectivity index (χ0) is 27.2. The second-order valence-corrected chi connectivity index (χ2v) is 10.2. The quantitative estimate of drug-likeness (QED) is 0.363. The summed E-state index contributed by atoms with van der Waals surface area (Å²) in [6.07, 6.45) is 3.43. The van der Waals surface area contributed by atoms with E-state index in [9.17, 15) is 4.79 Å². The third-order valence-corrected chi connectivity index (χ3v) is 6.03. The van der Waals surface area contributed by atoms with Crippen LogP contribution < -0.4 is 15.4 Å². The number of urea groups is 1. The van der Waals surface area contributed by atoms with Gasteiger partial charge in [0.25, 0.3) is 0 Å². The highest BCUT2D eigenvalue weighted by Crippen LogP contribution is 2.24. The van der Waals surface area contributed by atoms with E-state index < -0.39 is 6.03 Å². The van der Waals surface area contributed by atoms with Crippen molar-refractivity contribution in [3.8, 4) is 17.6 Å². The van der Waals surface area contributed by atoms with Crippen LogP contribution >= 0.6 is 0 Å². The lowest BCUT2D eigenvalue weighted by molar-refractivity contribution is 0.0322. The van der Waals surface area contributed by atoms with Gasteiger partial charge in [-0.2, -0.15) is 0 Å². The normalized spacial score (nSPS) is 14.0. The number of benzene rings is 1. The Bertz CT molecular complexity index is 1490. The molecule has 4 aromatic rings. The van der Waals surface area contributed by atoms with E-state index in [-0.39, 0.29) is 5.41 Å². The van der Waals surface area contributed by atoms with Crippen molar-refractivity contribution in [3.63, 3.8) is 0 Å². The monoisotopic (exact) mass is 529 g/mol. The van der Waals surface area contributed by atoms with E-state index in [1.54, 1.807) is 29.0 Å². The van der Waals surface area contributed by atoms with Gasteiger partial charge in [0, 0.05) is 55.1 Å². The van der Waals surface area contributed by atoms with Crippen LogP contribution in [0.25, 0.3) is 5.65 Å². The number of nitrogens with one attached hydrogen (secondary N) is 2. The number of morpholine rings is 1. The molecule has 0 radical (unpaired) electrons. The number of anilines is 2. The molecule has 202 valence electrons. The molecule has 2 N–H and O–H groups in total. The van der Waals surface area contributed by atoms with Gasteiger partial charge < -0.3 is 14.0 Å². The molecular weight excluding hydrogens is 498 g/mol. The second-order valence-electron chi connectivity index (χ2n) is 10.2. The van der Waals surface area contributed by atoms with E-state index in [2.05, 4.69) is 42.6 Å². The van der Waals surface area contributed by atoms with E-state index in [0.717, 1.165) is 44.2 Å². The summed E-state index contributed by atoms with van der Waals surface area (Å²) in [5.41, 5.74) is 1.91. The lowest BCUT2D eigenvalue weighted by atomic mass is 9.93. The molecule has 0 aliphatic carbocycles. The molecule has 11 heteroatoms. The first-order valence-corrected chi connectivity index (χ1v) is 12.8. The topological polar surface area (TPSA) is 119 Å². The summed E-state index contributed by atoms with van der Waals surface area (Å²) < 4.78 is 18.1. The molecule has 1 saturated heterocycles. The standard InChI is InChI=1S/C28H31N7O4/c1-28(2,3)23-16-25(33-39-23)31-27(36)30-24-17-26-29-18-21(19-35(26)32-24)5-4-20-6-8-22(9-7-20)38-15-12-34-10-13-37-14-11-34/h6-9,16-19H,10-15H2,1-3H3,(H2,30,31,32,33,36). The highest BCUT2D eigenvalue weighted by atomic mass is 16.5. The molecule has 0 unspecified atom stereocenters. The van der Waals surface area contributed by atoms with Gasteiger partial charge >= 0.3 is 6.03 Å². The van der Waals surface area contributed by atoms with Crippen LogP contribution in [0.1, 0.15) is 37.7 Å². The predicted molar refractivity (Wildman–Crippen MR) is 146 cm³/mol. The van der Waals surface area contributed by atoms with Crippen molar-refractivity contribution in [2.45, 2.75) is 26.2 Å². The van der Waals surface area contributed by atoms with Gasteiger partial charge in [-0.1, -0.05) is 37.8 Å². The summed E-state index contributed by atoms with van der Waals surface area (Å²) in [5.74, 6) is 8.39. The maximum Gasteiger partial charge on any atom is 0.326 e. The predicted octanol–water partition coefficient (Wildman–Crippen LogP) is 3.77. The van der Waals surface area contributed by atoms with Gasteiger partial charge in [0.05, 0.1) is 18.8 Å². The van der Waals surface area contributed by atoms with Crippen molar-refractivity contribution < 1.29 is 18.8 Å². The molecule has 3 aromatic heterocycles. The van der Waals surface area contributed by atoms with Crippen molar-refractivity contribution in [1.29, 1.82) is 0 Å². The number of hydrogen-bond acceptors (Lipinski definition) is 8. The third-order valence-electron chi connectivity index (χ3n) is 6.03. The fourth-order valence-corrected chi connectivity index (χ4v) is 3.85. The molecule has 39 heavy (non-hydrogen) atoms. The fraction of sp³-hybridized carbons (Fsp3) is 0.357. The number of ether oxygens (including phenoxy) is 2. The van der Waals surface area contributed by atoms with Crippen molar-refractivity contribution >= 4 is 23.3 Å². The van der Waals surface area contributed by atoms with E-state index in [1.165, 1.54) is 0 Å². The van der Waals surface area contributed by atoms with E-state index >= 15 is 0 Å². The molecule has 0 saturated carbocycles. The Morgan fingerprint density at radius 2 is 1.79 bits per heavy atom. The van der Waals surface area contributed by atoms with Crippen LogP contribution in [0.15, 0.2) is 53.3 Å². The van der Waals surface area contributed by atoms with Gasteiger partial charge in [-0.3, -0.25) is 15.5 Å². The zero-order valence-electron chi connectivity index (χ0n) is 22.2.